The van der Waals surface area contributed by atoms with Gasteiger partial charge in [0.15, 0.2) is 0 Å². The molecule has 0 atom stereocenters. The molecule has 2 aromatic carbocycles. The Kier molecular flexibility index (Phi) is 6.41. The Bertz CT molecular complexity index is 1050. The predicted octanol–water partition coefficient (Wildman–Crippen LogP) is 3.10. The Morgan fingerprint density at radius 1 is 1.04 bits per heavy atom. The molecule has 0 fully saturated rings. The third kappa shape index (κ3) is 4.73. The van der Waals surface area contributed by atoms with Gasteiger partial charge in [0.25, 0.3) is 10.0 Å². The molecule has 2 rings (SSSR count). The standard InChI is InChI=1S/C17H21ClN2O5S2/c1-5-25-17-9-8-13(10-15(17)18)26(21,22)19-16-11-14(7-6-12(16)2)27(23,24)20(3)4/h6-11,19H,5H2,1-4H3. The zero-order valence-electron chi connectivity index (χ0n) is 15.4. The number of benzene rings is 2. The van der Waals surface area contributed by atoms with Crippen molar-refractivity contribution in [3.8, 4) is 5.75 Å². The average Bonchev–Trinajstić information content (AvgIpc) is 2.58. The number of anilines is 1. The van der Waals surface area contributed by atoms with Gasteiger partial charge in [0.05, 0.1) is 27.1 Å². The van der Waals surface area contributed by atoms with E-state index in [2.05, 4.69) is 4.72 Å². The molecule has 0 radical (unpaired) electrons. The minimum atomic E-state index is -3.97. The molecule has 0 spiro atoms. The Morgan fingerprint density at radius 3 is 2.22 bits per heavy atom. The second-order valence-corrected chi connectivity index (χ2v) is 10.1. The number of nitrogens with zero attached hydrogens (tertiary/aromatic N) is 1. The van der Waals surface area contributed by atoms with Crippen LogP contribution in [0.25, 0.3) is 0 Å². The number of hydrogen-bond donors (Lipinski definition) is 1. The lowest BCUT2D eigenvalue weighted by Crippen LogP contribution is -2.22. The molecule has 0 aromatic heterocycles. The Hall–Kier alpha value is -1.81. The number of halogens is 1. The van der Waals surface area contributed by atoms with Crippen LogP contribution in [0.3, 0.4) is 0 Å². The first-order chi connectivity index (χ1) is 12.5. The molecule has 148 valence electrons. The lowest BCUT2D eigenvalue weighted by molar-refractivity contribution is 0.340. The van der Waals surface area contributed by atoms with Crippen LogP contribution in [0, 0.1) is 6.92 Å². The fraction of sp³-hybridized carbons (Fsp3) is 0.294. The number of sulfonamides is 2. The second-order valence-electron chi connectivity index (χ2n) is 5.89. The average molecular weight is 433 g/mol. The summed E-state index contributed by atoms with van der Waals surface area (Å²) in [6.45, 7) is 3.87. The van der Waals surface area contributed by atoms with Crippen molar-refractivity contribution in [1.29, 1.82) is 0 Å². The molecule has 0 unspecified atom stereocenters. The number of rotatable bonds is 7. The van der Waals surface area contributed by atoms with Crippen molar-refractivity contribution in [2.75, 3.05) is 25.4 Å². The van der Waals surface area contributed by atoms with Gasteiger partial charge < -0.3 is 4.74 Å². The van der Waals surface area contributed by atoms with Crippen LogP contribution < -0.4 is 9.46 Å². The van der Waals surface area contributed by atoms with E-state index in [0.717, 1.165) is 4.31 Å². The zero-order chi connectivity index (χ0) is 20.4. The highest BCUT2D eigenvalue weighted by molar-refractivity contribution is 7.92. The summed E-state index contributed by atoms with van der Waals surface area (Å²) in [7, 11) is -4.86. The van der Waals surface area contributed by atoms with Crippen LogP contribution in [0.2, 0.25) is 5.02 Å². The molecule has 0 saturated heterocycles. The molecule has 0 aliphatic heterocycles. The van der Waals surface area contributed by atoms with Gasteiger partial charge in [0, 0.05) is 14.1 Å². The molecule has 0 saturated carbocycles. The Morgan fingerprint density at radius 2 is 1.67 bits per heavy atom. The summed E-state index contributed by atoms with van der Waals surface area (Å²) in [5, 5.41) is 0.167. The van der Waals surface area contributed by atoms with Gasteiger partial charge in [-0.15, -0.1) is 0 Å². The summed E-state index contributed by atoms with van der Waals surface area (Å²) in [5.74, 6) is 0.383. The van der Waals surface area contributed by atoms with Crippen molar-refractivity contribution >= 4 is 37.3 Å². The number of hydrogen-bond acceptors (Lipinski definition) is 5. The topological polar surface area (TPSA) is 92.8 Å². The van der Waals surface area contributed by atoms with Gasteiger partial charge in [-0.25, -0.2) is 21.1 Å². The minimum Gasteiger partial charge on any atom is -0.492 e. The largest absolute Gasteiger partial charge is 0.492 e. The molecule has 0 amide bonds. The smallest absolute Gasteiger partial charge is 0.261 e. The highest BCUT2D eigenvalue weighted by atomic mass is 35.5. The number of nitrogens with one attached hydrogen (secondary N) is 1. The molecule has 0 bridgehead atoms. The normalized spacial score (nSPS) is 12.2. The summed E-state index contributed by atoms with van der Waals surface area (Å²) < 4.78 is 58.8. The van der Waals surface area contributed by atoms with Crippen molar-refractivity contribution < 1.29 is 21.6 Å². The highest BCUT2D eigenvalue weighted by Gasteiger charge is 2.21. The quantitative estimate of drug-likeness (QED) is 0.725. The first-order valence-corrected chi connectivity index (χ1v) is 11.3. The van der Waals surface area contributed by atoms with Gasteiger partial charge in [0.1, 0.15) is 5.75 Å². The van der Waals surface area contributed by atoms with Crippen molar-refractivity contribution in [2.45, 2.75) is 23.6 Å². The molecule has 0 heterocycles. The van der Waals surface area contributed by atoms with E-state index in [1.807, 2.05) is 0 Å². The molecular weight excluding hydrogens is 412 g/mol. The van der Waals surface area contributed by atoms with Crippen molar-refractivity contribution in [2.24, 2.45) is 0 Å². The van der Waals surface area contributed by atoms with Crippen LogP contribution in [0.1, 0.15) is 12.5 Å². The lowest BCUT2D eigenvalue weighted by Gasteiger charge is -2.15. The van der Waals surface area contributed by atoms with E-state index in [4.69, 9.17) is 16.3 Å². The van der Waals surface area contributed by atoms with Crippen molar-refractivity contribution in [3.05, 3.63) is 47.0 Å². The van der Waals surface area contributed by atoms with Gasteiger partial charge in [-0.3, -0.25) is 4.72 Å². The fourth-order valence-corrected chi connectivity index (χ4v) is 4.58. The van der Waals surface area contributed by atoms with Crippen LogP contribution >= 0.6 is 11.6 Å². The Balaban J connectivity index is 2.42. The van der Waals surface area contributed by atoms with Crippen molar-refractivity contribution in [3.63, 3.8) is 0 Å². The van der Waals surface area contributed by atoms with Gasteiger partial charge in [0.2, 0.25) is 10.0 Å². The molecule has 2 aromatic rings. The van der Waals surface area contributed by atoms with E-state index in [0.29, 0.717) is 17.9 Å². The SMILES string of the molecule is CCOc1ccc(S(=O)(=O)Nc2cc(S(=O)(=O)N(C)C)ccc2C)cc1Cl. The van der Waals surface area contributed by atoms with E-state index in [9.17, 15) is 16.8 Å². The summed E-state index contributed by atoms with van der Waals surface area (Å²) in [6, 6.07) is 8.38. The molecular formula is C17H21ClN2O5S2. The van der Waals surface area contributed by atoms with Gasteiger partial charge >= 0.3 is 0 Å². The van der Waals surface area contributed by atoms with Crippen LogP contribution in [-0.2, 0) is 20.0 Å². The Labute approximate surface area is 165 Å². The molecule has 7 nitrogen and oxygen atoms in total. The highest BCUT2D eigenvalue weighted by Crippen LogP contribution is 2.29. The first kappa shape index (κ1) is 21.5. The molecule has 0 aliphatic carbocycles. The lowest BCUT2D eigenvalue weighted by atomic mass is 10.2. The number of ether oxygens (including phenoxy) is 1. The number of aryl methyl sites for hydroxylation is 1. The second kappa shape index (κ2) is 8.05. The zero-order valence-corrected chi connectivity index (χ0v) is 17.7. The van der Waals surface area contributed by atoms with E-state index in [1.54, 1.807) is 19.9 Å². The van der Waals surface area contributed by atoms with Crippen LogP contribution in [-0.4, -0.2) is 41.8 Å². The molecule has 0 aliphatic rings. The van der Waals surface area contributed by atoms with Crippen molar-refractivity contribution in [1.82, 2.24) is 4.31 Å². The summed E-state index contributed by atoms with van der Waals surface area (Å²) >= 11 is 6.07. The first-order valence-electron chi connectivity index (χ1n) is 7.97. The summed E-state index contributed by atoms with van der Waals surface area (Å²) in [6.07, 6.45) is 0. The monoisotopic (exact) mass is 432 g/mol. The molecule has 10 heteroatoms. The van der Waals surface area contributed by atoms with Crippen LogP contribution in [0.5, 0.6) is 5.75 Å². The minimum absolute atomic E-state index is 0.0134. The van der Waals surface area contributed by atoms with Crippen LogP contribution in [0.4, 0.5) is 5.69 Å². The third-order valence-electron chi connectivity index (χ3n) is 3.75. The molecule has 27 heavy (non-hydrogen) atoms. The van der Waals surface area contributed by atoms with E-state index in [1.165, 1.54) is 44.4 Å². The summed E-state index contributed by atoms with van der Waals surface area (Å²) in [4.78, 5) is -0.0725. The van der Waals surface area contributed by atoms with Crippen LogP contribution in [0.15, 0.2) is 46.2 Å². The van der Waals surface area contributed by atoms with E-state index >= 15 is 0 Å². The maximum atomic E-state index is 12.7. The van der Waals surface area contributed by atoms with Gasteiger partial charge in [-0.05, 0) is 49.7 Å². The fourth-order valence-electron chi connectivity index (χ4n) is 2.21. The third-order valence-corrected chi connectivity index (χ3v) is 7.22. The van der Waals surface area contributed by atoms with Gasteiger partial charge in [-0.1, -0.05) is 17.7 Å². The predicted molar refractivity (Wildman–Crippen MR) is 105 cm³/mol. The summed E-state index contributed by atoms with van der Waals surface area (Å²) in [5.41, 5.74) is 0.747. The van der Waals surface area contributed by atoms with E-state index < -0.39 is 20.0 Å². The maximum Gasteiger partial charge on any atom is 0.261 e. The maximum absolute atomic E-state index is 12.7. The molecule has 1 N–H and O–H groups in total. The van der Waals surface area contributed by atoms with E-state index in [-0.39, 0.29) is 20.5 Å². The van der Waals surface area contributed by atoms with Gasteiger partial charge in [-0.2, -0.15) is 0 Å².